The van der Waals surface area contributed by atoms with Crippen LogP contribution in [-0.2, 0) is 9.59 Å². The van der Waals surface area contributed by atoms with Gasteiger partial charge in [0, 0.05) is 6.42 Å². The van der Waals surface area contributed by atoms with Crippen molar-refractivity contribution in [3.8, 4) is 0 Å². The topological polar surface area (TPSA) is 63.4 Å². The zero-order chi connectivity index (χ0) is 10.6. The van der Waals surface area contributed by atoms with Crippen LogP contribution < -0.4 is 5.73 Å². The van der Waals surface area contributed by atoms with E-state index in [1.165, 1.54) is 0 Å². The highest BCUT2D eigenvalue weighted by Crippen LogP contribution is 2.19. The molecular formula is C10H18N2O2. The predicted octanol–water partition coefficient (Wildman–Crippen LogP) is 0.305. The van der Waals surface area contributed by atoms with Crippen molar-refractivity contribution in [1.82, 2.24) is 4.90 Å². The molecule has 14 heavy (non-hydrogen) atoms. The van der Waals surface area contributed by atoms with Crippen LogP contribution in [0.3, 0.4) is 0 Å². The lowest BCUT2D eigenvalue weighted by molar-refractivity contribution is -0.128. The van der Waals surface area contributed by atoms with Crippen LogP contribution in [-0.4, -0.2) is 35.7 Å². The first-order chi connectivity index (χ1) is 6.65. The van der Waals surface area contributed by atoms with E-state index in [0.717, 1.165) is 19.3 Å². The number of Topliss-reactive ketones (excluding diaryl/α,β-unsaturated/α-hetero) is 1. The lowest BCUT2D eigenvalue weighted by Gasteiger charge is -2.31. The Kier molecular flexibility index (Phi) is 4.07. The zero-order valence-electron chi connectivity index (χ0n) is 8.66. The van der Waals surface area contributed by atoms with Gasteiger partial charge in [0.05, 0.1) is 12.6 Å². The Morgan fingerprint density at radius 3 is 2.79 bits per heavy atom. The molecule has 1 atom stereocenters. The largest absolute Gasteiger partial charge is 0.369 e. The molecule has 2 N–H and O–H groups in total. The number of primary amides is 1. The van der Waals surface area contributed by atoms with E-state index < -0.39 is 0 Å². The number of amides is 1. The van der Waals surface area contributed by atoms with E-state index >= 15 is 0 Å². The van der Waals surface area contributed by atoms with Crippen LogP contribution in [0.2, 0.25) is 0 Å². The molecular weight excluding hydrogens is 180 g/mol. The van der Waals surface area contributed by atoms with E-state index in [4.69, 9.17) is 5.73 Å². The fourth-order valence-electron chi connectivity index (χ4n) is 1.99. The average molecular weight is 198 g/mol. The third-order valence-electron chi connectivity index (χ3n) is 2.73. The van der Waals surface area contributed by atoms with E-state index in [-0.39, 0.29) is 24.3 Å². The molecule has 1 saturated carbocycles. The number of likely N-dealkylation sites (N-methyl/N-ethyl adjacent to an activating group) is 1. The lowest BCUT2D eigenvalue weighted by atomic mass is 9.93. The van der Waals surface area contributed by atoms with Crippen LogP contribution in [0, 0.1) is 0 Å². The zero-order valence-corrected chi connectivity index (χ0v) is 8.66. The molecule has 1 rings (SSSR count). The first-order valence-electron chi connectivity index (χ1n) is 5.20. The molecule has 0 radical (unpaired) electrons. The molecule has 0 saturated heterocycles. The molecule has 1 fully saturated rings. The SMILES string of the molecule is CCN(CC(N)=O)C1CCCCC1=O. The maximum atomic E-state index is 11.6. The fourth-order valence-corrected chi connectivity index (χ4v) is 1.99. The normalized spacial score (nSPS) is 22.7. The van der Waals surface area contributed by atoms with Gasteiger partial charge in [0.25, 0.3) is 0 Å². The Bertz CT molecular complexity index is 228. The highest BCUT2D eigenvalue weighted by Gasteiger charge is 2.27. The van der Waals surface area contributed by atoms with Gasteiger partial charge in [0.15, 0.2) is 0 Å². The second-order valence-corrected chi connectivity index (χ2v) is 3.76. The Morgan fingerprint density at radius 1 is 1.57 bits per heavy atom. The van der Waals surface area contributed by atoms with Crippen LogP contribution in [0.5, 0.6) is 0 Å². The van der Waals surface area contributed by atoms with Crippen molar-refractivity contribution in [2.75, 3.05) is 13.1 Å². The molecule has 0 spiro atoms. The maximum absolute atomic E-state index is 11.6. The summed E-state index contributed by atoms with van der Waals surface area (Å²) in [4.78, 5) is 24.2. The first-order valence-corrected chi connectivity index (χ1v) is 5.20. The van der Waals surface area contributed by atoms with Gasteiger partial charge in [-0.1, -0.05) is 13.3 Å². The Balaban J connectivity index is 2.57. The quantitative estimate of drug-likeness (QED) is 0.707. The summed E-state index contributed by atoms with van der Waals surface area (Å²) in [5.74, 6) is -0.0930. The Labute approximate surface area is 84.4 Å². The van der Waals surface area contributed by atoms with Gasteiger partial charge in [0.1, 0.15) is 5.78 Å². The summed E-state index contributed by atoms with van der Waals surface area (Å²) >= 11 is 0. The molecule has 1 amide bonds. The molecule has 4 heteroatoms. The number of carbonyl (C=O) groups is 2. The minimum Gasteiger partial charge on any atom is -0.369 e. The summed E-state index contributed by atoms with van der Waals surface area (Å²) in [5, 5.41) is 0. The molecule has 0 aromatic carbocycles. The molecule has 0 heterocycles. The van der Waals surface area contributed by atoms with Crippen molar-refractivity contribution >= 4 is 11.7 Å². The molecule has 1 aliphatic rings. The molecule has 4 nitrogen and oxygen atoms in total. The van der Waals surface area contributed by atoms with Crippen molar-refractivity contribution in [3.63, 3.8) is 0 Å². The molecule has 1 aliphatic carbocycles. The Morgan fingerprint density at radius 2 is 2.29 bits per heavy atom. The Hall–Kier alpha value is -0.900. The molecule has 0 aromatic rings. The second kappa shape index (κ2) is 5.10. The van der Waals surface area contributed by atoms with Gasteiger partial charge in [-0.15, -0.1) is 0 Å². The van der Waals surface area contributed by atoms with E-state index in [0.29, 0.717) is 13.0 Å². The summed E-state index contributed by atoms with van der Waals surface area (Å²) in [6.07, 6.45) is 3.59. The number of nitrogens with two attached hydrogens (primary N) is 1. The van der Waals surface area contributed by atoms with Crippen molar-refractivity contribution in [2.24, 2.45) is 5.73 Å². The molecule has 0 bridgehead atoms. The van der Waals surface area contributed by atoms with Crippen molar-refractivity contribution < 1.29 is 9.59 Å². The smallest absolute Gasteiger partial charge is 0.231 e. The number of hydrogen-bond acceptors (Lipinski definition) is 3. The molecule has 1 unspecified atom stereocenters. The van der Waals surface area contributed by atoms with Gasteiger partial charge in [-0.3, -0.25) is 14.5 Å². The van der Waals surface area contributed by atoms with Crippen molar-refractivity contribution in [3.05, 3.63) is 0 Å². The highest BCUT2D eigenvalue weighted by molar-refractivity contribution is 5.85. The van der Waals surface area contributed by atoms with E-state index in [1.807, 2.05) is 11.8 Å². The fraction of sp³-hybridized carbons (Fsp3) is 0.800. The van der Waals surface area contributed by atoms with Gasteiger partial charge < -0.3 is 5.73 Å². The third kappa shape index (κ3) is 2.80. The van der Waals surface area contributed by atoms with Crippen LogP contribution in [0.15, 0.2) is 0 Å². The van der Waals surface area contributed by atoms with Crippen LogP contribution >= 0.6 is 0 Å². The molecule has 80 valence electrons. The highest BCUT2D eigenvalue weighted by atomic mass is 16.1. The van der Waals surface area contributed by atoms with Crippen LogP contribution in [0.1, 0.15) is 32.6 Å². The first kappa shape index (κ1) is 11.2. The predicted molar refractivity (Wildman–Crippen MR) is 53.7 cm³/mol. The summed E-state index contributed by atoms with van der Waals surface area (Å²) < 4.78 is 0. The minimum atomic E-state index is -0.356. The number of hydrogen-bond donors (Lipinski definition) is 1. The lowest BCUT2D eigenvalue weighted by Crippen LogP contribution is -2.46. The number of nitrogens with zero attached hydrogens (tertiary/aromatic N) is 1. The van der Waals surface area contributed by atoms with Gasteiger partial charge in [-0.2, -0.15) is 0 Å². The summed E-state index contributed by atoms with van der Waals surface area (Å²) in [7, 11) is 0. The third-order valence-corrected chi connectivity index (χ3v) is 2.73. The molecule has 0 aliphatic heterocycles. The van der Waals surface area contributed by atoms with Gasteiger partial charge in [-0.05, 0) is 19.4 Å². The van der Waals surface area contributed by atoms with Gasteiger partial charge in [-0.25, -0.2) is 0 Å². The van der Waals surface area contributed by atoms with E-state index in [1.54, 1.807) is 0 Å². The van der Waals surface area contributed by atoms with Gasteiger partial charge >= 0.3 is 0 Å². The summed E-state index contributed by atoms with van der Waals surface area (Å²) in [6, 6.07) is -0.0683. The second-order valence-electron chi connectivity index (χ2n) is 3.76. The summed E-state index contributed by atoms with van der Waals surface area (Å²) in [5.41, 5.74) is 5.13. The number of carbonyl (C=O) groups excluding carboxylic acids is 2. The average Bonchev–Trinajstić information content (AvgIpc) is 2.15. The number of rotatable bonds is 4. The standard InChI is InChI=1S/C10H18N2O2/c1-2-12(7-10(11)14)8-5-3-4-6-9(8)13/h8H,2-7H2,1H3,(H2,11,14). The van der Waals surface area contributed by atoms with Crippen LogP contribution in [0.4, 0.5) is 0 Å². The maximum Gasteiger partial charge on any atom is 0.231 e. The van der Waals surface area contributed by atoms with Crippen LogP contribution in [0.25, 0.3) is 0 Å². The van der Waals surface area contributed by atoms with Gasteiger partial charge in [0.2, 0.25) is 5.91 Å². The van der Waals surface area contributed by atoms with Crippen molar-refractivity contribution in [2.45, 2.75) is 38.6 Å². The summed E-state index contributed by atoms with van der Waals surface area (Å²) in [6.45, 7) is 2.86. The van der Waals surface area contributed by atoms with E-state index in [9.17, 15) is 9.59 Å². The van der Waals surface area contributed by atoms with E-state index in [2.05, 4.69) is 0 Å². The minimum absolute atomic E-state index is 0.0683. The van der Waals surface area contributed by atoms with Crippen molar-refractivity contribution in [1.29, 1.82) is 0 Å². The number of ketones is 1. The molecule has 0 aromatic heterocycles. The monoisotopic (exact) mass is 198 g/mol.